The van der Waals surface area contributed by atoms with Crippen molar-refractivity contribution in [3.8, 4) is 5.75 Å². The van der Waals surface area contributed by atoms with Crippen molar-refractivity contribution < 1.29 is 24.2 Å². The maximum Gasteiger partial charge on any atom is 0.264 e. The maximum atomic E-state index is 15.3. The molecular weight excluding hydrogens is 683 g/mol. The number of benzene rings is 2. The lowest BCUT2D eigenvalue weighted by Crippen LogP contribution is -2.52. The number of carbonyl (C=O) groups is 2. The van der Waals surface area contributed by atoms with Crippen LogP contribution in [0.4, 0.5) is 11.4 Å². The number of rotatable bonds is 14. The summed E-state index contributed by atoms with van der Waals surface area (Å²) in [6.45, 7) is 15.1. The Morgan fingerprint density at radius 2 is 1.87 bits per heavy atom. The van der Waals surface area contributed by atoms with Crippen LogP contribution in [0.15, 0.2) is 72.0 Å². The van der Waals surface area contributed by atoms with E-state index in [2.05, 4.69) is 81.5 Å². The smallest absolute Gasteiger partial charge is 0.264 e. The maximum absolute atomic E-state index is 15.3. The number of hydrogen-bond donors (Lipinski definition) is 1. The molecule has 284 valence electrons. The third-order valence-electron chi connectivity index (χ3n) is 11.8. The monoisotopic (exact) mass is 739 g/mol. The lowest BCUT2D eigenvalue weighted by molar-refractivity contribution is -0.145. The number of aliphatic hydroxyl groups excluding tert-OH is 1. The van der Waals surface area contributed by atoms with Crippen LogP contribution >= 0.6 is 0 Å². The molecule has 3 aliphatic rings. The van der Waals surface area contributed by atoms with Gasteiger partial charge < -0.3 is 24.4 Å². The average Bonchev–Trinajstić information content (AvgIpc) is 3.79. The number of nitrogens with zero attached hydrogens (tertiary/aromatic N) is 5. The molecule has 0 aliphatic carbocycles. The second-order valence-electron chi connectivity index (χ2n) is 15.9. The van der Waals surface area contributed by atoms with E-state index in [9.17, 15) is 9.90 Å². The topological polar surface area (TPSA) is 110 Å². The summed E-state index contributed by atoms with van der Waals surface area (Å²) < 4.78 is 14.7. The van der Waals surface area contributed by atoms with Crippen molar-refractivity contribution in [2.45, 2.75) is 110 Å². The lowest BCUT2D eigenvalue weighted by Gasteiger charge is -2.37. The van der Waals surface area contributed by atoms with E-state index >= 15 is 4.79 Å². The number of carbonyl (C=O) groups excluding carboxylic acids is 2. The Kier molecular flexibility index (Phi) is 11.8. The second kappa shape index (κ2) is 16.1. The predicted molar refractivity (Wildman–Crippen MR) is 212 cm³/mol. The van der Waals surface area contributed by atoms with Gasteiger partial charge in [0.05, 0.1) is 32.7 Å². The molecule has 4 atom stereocenters. The number of anilines is 2. The van der Waals surface area contributed by atoms with E-state index in [1.807, 2.05) is 44.9 Å². The van der Waals surface area contributed by atoms with E-state index in [1.54, 1.807) is 7.11 Å². The quantitative estimate of drug-likeness (QED) is 0.145. The van der Waals surface area contributed by atoms with Crippen molar-refractivity contribution in [2.24, 2.45) is 5.92 Å². The van der Waals surface area contributed by atoms with E-state index in [0.29, 0.717) is 38.9 Å². The average molecular weight is 740 g/mol. The highest BCUT2D eigenvalue weighted by atomic mass is 28.3. The van der Waals surface area contributed by atoms with Crippen LogP contribution < -0.4 is 19.7 Å². The lowest BCUT2D eigenvalue weighted by atomic mass is 9.82. The molecule has 2 saturated heterocycles. The highest BCUT2D eigenvalue weighted by molar-refractivity contribution is 6.91. The fraction of sp³-hybridized carbons (Fsp3) is 0.524. The Labute approximate surface area is 315 Å². The number of piperidine rings is 1. The van der Waals surface area contributed by atoms with E-state index in [0.717, 1.165) is 54.1 Å². The minimum Gasteiger partial charge on any atom is -0.497 e. The van der Waals surface area contributed by atoms with Gasteiger partial charge in [0, 0.05) is 62.4 Å². The van der Waals surface area contributed by atoms with E-state index < -0.39 is 13.7 Å². The molecule has 1 N–H and O–H groups in total. The second-order valence-corrected chi connectivity index (χ2v) is 20.6. The number of aromatic nitrogens is 3. The van der Waals surface area contributed by atoms with E-state index in [1.165, 1.54) is 16.3 Å². The number of aliphatic hydroxyl groups is 1. The standard InChI is InChI=1S/C42H57N5O5Si/c1-29(2)11-10-12-30(3)20-25-47-37-19-14-33(46-23-9-8-13-39(46)49)27-36(37)42(41(47)50)31(4)40(53(6,7)35-17-15-34(51-5)16-18-35)38(52-42)21-24-45-28-32(22-26-48)43-44-45/h11,14-20,27-28,31,38,40,48H,8-10,12-13,21-26H2,1-7H3/b30-20+/t31-,38+,40-,42+/m0/s1. The molecule has 53 heavy (non-hydrogen) atoms. The summed E-state index contributed by atoms with van der Waals surface area (Å²) in [6, 6.07) is 14.5. The number of aryl methyl sites for hydroxylation is 1. The molecule has 2 fully saturated rings. The van der Waals surface area contributed by atoms with Gasteiger partial charge in [0.15, 0.2) is 5.60 Å². The Morgan fingerprint density at radius 3 is 2.57 bits per heavy atom. The molecule has 0 bridgehead atoms. The molecule has 4 heterocycles. The highest BCUT2D eigenvalue weighted by Gasteiger charge is 2.66. The zero-order valence-electron chi connectivity index (χ0n) is 32.6. The molecule has 0 saturated carbocycles. The highest BCUT2D eigenvalue weighted by Crippen LogP contribution is 2.60. The summed E-state index contributed by atoms with van der Waals surface area (Å²) in [4.78, 5) is 32.3. The Bertz CT molecular complexity index is 1850. The van der Waals surface area contributed by atoms with Crippen molar-refractivity contribution in [2.75, 3.05) is 36.6 Å². The molecule has 1 spiro atoms. The third kappa shape index (κ3) is 7.66. The third-order valence-corrected chi connectivity index (χ3v) is 16.1. The van der Waals surface area contributed by atoms with Gasteiger partial charge in [0.2, 0.25) is 5.91 Å². The van der Waals surface area contributed by atoms with Gasteiger partial charge in [-0.05, 0) is 88.7 Å². The number of fused-ring (bicyclic) bond motifs is 2. The van der Waals surface area contributed by atoms with Crippen LogP contribution in [0, 0.1) is 5.92 Å². The van der Waals surface area contributed by atoms with Gasteiger partial charge >= 0.3 is 0 Å². The minimum absolute atomic E-state index is 0.0153. The zero-order valence-corrected chi connectivity index (χ0v) is 33.6. The molecule has 2 amide bonds. The fourth-order valence-electron chi connectivity index (χ4n) is 8.87. The van der Waals surface area contributed by atoms with Gasteiger partial charge in [-0.15, -0.1) is 5.10 Å². The minimum atomic E-state index is -2.35. The molecule has 3 aliphatic heterocycles. The van der Waals surface area contributed by atoms with Gasteiger partial charge in [-0.3, -0.25) is 14.3 Å². The molecule has 0 radical (unpaired) electrons. The number of methoxy groups -OCH3 is 1. The van der Waals surface area contributed by atoms with Crippen molar-refractivity contribution in [3.05, 3.63) is 83.2 Å². The summed E-state index contributed by atoms with van der Waals surface area (Å²) in [7, 11) is -0.668. The first kappa shape index (κ1) is 38.7. The number of amides is 2. The van der Waals surface area contributed by atoms with Gasteiger partial charge in [0.25, 0.3) is 5.91 Å². The van der Waals surface area contributed by atoms with Crippen LogP contribution in [0.25, 0.3) is 0 Å². The van der Waals surface area contributed by atoms with Crippen LogP contribution in [0.3, 0.4) is 0 Å². The Hall–Kier alpha value is -4.06. The molecule has 0 unspecified atom stereocenters. The van der Waals surface area contributed by atoms with Crippen molar-refractivity contribution >= 4 is 36.4 Å². The Morgan fingerprint density at radius 1 is 1.09 bits per heavy atom. The number of hydrogen-bond acceptors (Lipinski definition) is 7. The van der Waals surface area contributed by atoms with Gasteiger partial charge in [-0.2, -0.15) is 0 Å². The van der Waals surface area contributed by atoms with Crippen molar-refractivity contribution in [3.63, 3.8) is 0 Å². The first-order valence-electron chi connectivity index (χ1n) is 19.3. The fourth-order valence-corrected chi connectivity index (χ4v) is 12.9. The molecule has 3 aromatic rings. The van der Waals surface area contributed by atoms with Crippen LogP contribution in [-0.4, -0.2) is 72.9 Å². The summed E-state index contributed by atoms with van der Waals surface area (Å²) in [6.07, 6.45) is 11.4. The number of allylic oxidation sites excluding steroid dienone is 3. The predicted octanol–water partition coefficient (Wildman–Crippen LogP) is 6.68. The molecule has 6 rings (SSSR count). The first-order valence-corrected chi connectivity index (χ1v) is 22.4. The molecule has 2 aromatic carbocycles. The molecule has 10 nitrogen and oxygen atoms in total. The Balaban J connectivity index is 1.43. The first-order chi connectivity index (χ1) is 25.4. The van der Waals surface area contributed by atoms with E-state index in [4.69, 9.17) is 9.47 Å². The summed E-state index contributed by atoms with van der Waals surface area (Å²) in [5, 5.41) is 19.3. The van der Waals surface area contributed by atoms with Gasteiger partial charge in [-0.25, -0.2) is 0 Å². The SMILES string of the molecule is COc1ccc([Si](C)(C)[C@@H]2[C@@H](CCn3cc(CCO)nn3)O[C@]3(C(=O)N(C/C=C(\C)CCC=C(C)C)c4ccc(N5CCCCC5=O)cc43)[C@H]2C)cc1. The summed E-state index contributed by atoms with van der Waals surface area (Å²) in [5.41, 5.74) is 4.69. The van der Waals surface area contributed by atoms with Gasteiger partial charge in [-0.1, -0.05) is 65.8 Å². The molecular formula is C42H57N5O5Si. The largest absolute Gasteiger partial charge is 0.497 e. The van der Waals surface area contributed by atoms with Crippen molar-refractivity contribution in [1.29, 1.82) is 0 Å². The molecule has 11 heteroatoms. The normalized spacial score (nSPS) is 23.2. The van der Waals surface area contributed by atoms with Crippen LogP contribution in [0.5, 0.6) is 5.75 Å². The summed E-state index contributed by atoms with van der Waals surface area (Å²) >= 11 is 0. The van der Waals surface area contributed by atoms with E-state index in [-0.39, 0.29) is 36.0 Å². The van der Waals surface area contributed by atoms with Gasteiger partial charge in [0.1, 0.15) is 5.75 Å². The van der Waals surface area contributed by atoms with Crippen LogP contribution in [-0.2, 0) is 32.9 Å². The van der Waals surface area contributed by atoms with Crippen LogP contribution in [0.2, 0.25) is 18.6 Å². The number of ether oxygens (including phenoxy) is 2. The van der Waals surface area contributed by atoms with Crippen molar-refractivity contribution in [1.82, 2.24) is 15.0 Å². The van der Waals surface area contributed by atoms with Crippen LogP contribution in [0.1, 0.15) is 77.5 Å². The summed E-state index contributed by atoms with van der Waals surface area (Å²) in [5.74, 6) is 0.738. The molecule has 1 aromatic heterocycles. The zero-order chi connectivity index (χ0) is 37.9.